The van der Waals surface area contributed by atoms with Crippen LogP contribution < -0.4 is 10.1 Å². The van der Waals surface area contributed by atoms with Gasteiger partial charge in [0.2, 0.25) is 0 Å². The van der Waals surface area contributed by atoms with Gasteiger partial charge in [0, 0.05) is 21.5 Å². The molecule has 4 aromatic rings. The van der Waals surface area contributed by atoms with Gasteiger partial charge in [-0.1, -0.05) is 11.6 Å². The Labute approximate surface area is 184 Å². The van der Waals surface area contributed by atoms with Crippen molar-refractivity contribution in [2.45, 2.75) is 0 Å². The number of rotatable bonds is 5. The van der Waals surface area contributed by atoms with E-state index < -0.39 is 0 Å². The lowest BCUT2D eigenvalue weighted by Crippen LogP contribution is -2.10. The Bertz CT molecular complexity index is 1170. The van der Waals surface area contributed by atoms with E-state index in [4.69, 9.17) is 20.8 Å². The number of benzene rings is 2. The molecule has 5 nitrogen and oxygen atoms in total. The summed E-state index contributed by atoms with van der Waals surface area (Å²) in [4.78, 5) is 17.0. The molecule has 2 aromatic carbocycles. The van der Waals surface area contributed by atoms with Gasteiger partial charge >= 0.3 is 0 Å². The topological polar surface area (TPSA) is 64.4 Å². The van der Waals surface area contributed by atoms with Gasteiger partial charge < -0.3 is 9.15 Å². The first-order valence-electron chi connectivity index (χ1n) is 8.50. The number of nitrogens with zero attached hydrogens (tertiary/aromatic N) is 1. The molecule has 2 heterocycles. The van der Waals surface area contributed by atoms with Crippen LogP contribution in [0.1, 0.15) is 10.6 Å². The van der Waals surface area contributed by atoms with E-state index >= 15 is 0 Å². The summed E-state index contributed by atoms with van der Waals surface area (Å²) in [6.45, 7) is 0. The Morgan fingerprint density at radius 3 is 2.62 bits per heavy atom. The van der Waals surface area contributed by atoms with E-state index in [1.54, 1.807) is 31.4 Å². The number of nitrogens with one attached hydrogen (secondary N) is 1. The molecule has 1 amide bonds. The molecule has 0 aliphatic carbocycles. The van der Waals surface area contributed by atoms with Crippen LogP contribution in [0.3, 0.4) is 0 Å². The number of thiazole rings is 1. The molecule has 0 radical (unpaired) electrons. The van der Waals surface area contributed by atoms with E-state index in [1.807, 2.05) is 35.7 Å². The number of methoxy groups -OCH3 is 1. The molecule has 8 heteroatoms. The number of halogens is 2. The van der Waals surface area contributed by atoms with Gasteiger partial charge in [0.15, 0.2) is 10.9 Å². The van der Waals surface area contributed by atoms with Gasteiger partial charge in [-0.15, -0.1) is 11.3 Å². The van der Waals surface area contributed by atoms with Crippen LogP contribution in [0.5, 0.6) is 5.75 Å². The van der Waals surface area contributed by atoms with Crippen molar-refractivity contribution in [1.29, 1.82) is 0 Å². The van der Waals surface area contributed by atoms with Crippen molar-refractivity contribution < 1.29 is 13.9 Å². The van der Waals surface area contributed by atoms with E-state index in [9.17, 15) is 4.79 Å². The van der Waals surface area contributed by atoms with E-state index in [2.05, 4.69) is 26.2 Å². The van der Waals surface area contributed by atoms with Crippen LogP contribution in [0, 0.1) is 0 Å². The molecular formula is C21H14BrClN2O3S. The molecule has 146 valence electrons. The van der Waals surface area contributed by atoms with Crippen LogP contribution in [-0.4, -0.2) is 18.0 Å². The van der Waals surface area contributed by atoms with Crippen molar-refractivity contribution >= 4 is 49.9 Å². The number of anilines is 1. The highest BCUT2D eigenvalue weighted by atomic mass is 79.9. The van der Waals surface area contributed by atoms with E-state index in [0.29, 0.717) is 15.9 Å². The van der Waals surface area contributed by atoms with E-state index in [-0.39, 0.29) is 11.7 Å². The van der Waals surface area contributed by atoms with Crippen LogP contribution in [0.2, 0.25) is 5.02 Å². The molecule has 0 aliphatic heterocycles. The molecule has 0 fully saturated rings. The average Bonchev–Trinajstić information content (AvgIpc) is 3.38. The Morgan fingerprint density at radius 1 is 1.14 bits per heavy atom. The third-order valence-corrected chi connectivity index (χ3v) is 5.76. The quantitative estimate of drug-likeness (QED) is 0.337. The standard InChI is InChI=1S/C21H14BrClN2O3S/c1-27-18-7-4-13(10-15(18)22)16-11-29-21(24-16)25-20(26)19-9-8-17(28-19)12-2-5-14(23)6-3-12/h2-11H,1H3,(H,24,25,26). The highest BCUT2D eigenvalue weighted by Gasteiger charge is 2.15. The first kappa shape index (κ1) is 19.7. The molecule has 29 heavy (non-hydrogen) atoms. The molecule has 0 spiro atoms. The third kappa shape index (κ3) is 4.37. The summed E-state index contributed by atoms with van der Waals surface area (Å²) in [5, 5.41) is 5.78. The molecule has 0 unspecified atom stereocenters. The molecule has 2 aromatic heterocycles. The molecular weight excluding hydrogens is 476 g/mol. The molecule has 0 saturated heterocycles. The van der Waals surface area contributed by atoms with Crippen molar-refractivity contribution in [2.75, 3.05) is 12.4 Å². The number of hydrogen-bond donors (Lipinski definition) is 1. The van der Waals surface area contributed by atoms with Crippen LogP contribution in [0.15, 0.2) is 68.9 Å². The minimum absolute atomic E-state index is 0.207. The first-order valence-corrected chi connectivity index (χ1v) is 10.5. The van der Waals surface area contributed by atoms with Crippen molar-refractivity contribution in [2.24, 2.45) is 0 Å². The summed E-state index contributed by atoms with van der Waals surface area (Å²) in [5.74, 6) is 1.18. The summed E-state index contributed by atoms with van der Waals surface area (Å²) < 4.78 is 11.8. The Kier molecular flexibility index (Phi) is 5.71. The third-order valence-electron chi connectivity index (χ3n) is 4.13. The molecule has 0 saturated carbocycles. The molecule has 1 N–H and O–H groups in total. The number of carbonyl (C=O) groups excluding carboxylic acids is 1. The second-order valence-electron chi connectivity index (χ2n) is 6.01. The second-order valence-corrected chi connectivity index (χ2v) is 8.16. The molecule has 0 aliphatic rings. The lowest BCUT2D eigenvalue weighted by atomic mass is 10.2. The summed E-state index contributed by atoms with van der Waals surface area (Å²) in [5.41, 5.74) is 2.52. The second kappa shape index (κ2) is 8.41. The number of carbonyl (C=O) groups is 1. The normalized spacial score (nSPS) is 10.7. The maximum Gasteiger partial charge on any atom is 0.293 e. The number of ether oxygens (including phenoxy) is 1. The SMILES string of the molecule is COc1ccc(-c2csc(NC(=O)c3ccc(-c4ccc(Cl)cc4)o3)n2)cc1Br. The maximum absolute atomic E-state index is 12.5. The van der Waals surface area contributed by atoms with Gasteiger partial charge in [-0.3, -0.25) is 10.1 Å². The number of hydrogen-bond acceptors (Lipinski definition) is 5. The molecule has 0 bridgehead atoms. The number of amides is 1. The number of furan rings is 1. The van der Waals surface area contributed by atoms with Crippen LogP contribution >= 0.6 is 38.9 Å². The fraction of sp³-hybridized carbons (Fsp3) is 0.0476. The zero-order chi connectivity index (χ0) is 20.4. The monoisotopic (exact) mass is 488 g/mol. The summed E-state index contributed by atoms with van der Waals surface area (Å²) in [7, 11) is 1.61. The lowest BCUT2D eigenvalue weighted by molar-refractivity contribution is 0.0997. The average molecular weight is 490 g/mol. The zero-order valence-electron chi connectivity index (χ0n) is 15.1. The highest BCUT2D eigenvalue weighted by molar-refractivity contribution is 9.10. The molecule has 4 rings (SSSR count). The van der Waals surface area contributed by atoms with Gasteiger partial charge in [-0.25, -0.2) is 4.98 Å². The summed E-state index contributed by atoms with van der Waals surface area (Å²) in [6.07, 6.45) is 0. The van der Waals surface area contributed by atoms with Gasteiger partial charge in [-0.05, 0) is 70.5 Å². The fourth-order valence-electron chi connectivity index (χ4n) is 2.68. The largest absolute Gasteiger partial charge is 0.496 e. The first-order chi connectivity index (χ1) is 14.0. The van der Waals surface area contributed by atoms with Crippen molar-refractivity contribution in [3.8, 4) is 28.3 Å². The smallest absolute Gasteiger partial charge is 0.293 e. The van der Waals surface area contributed by atoms with Crippen molar-refractivity contribution in [3.05, 3.63) is 75.2 Å². The summed E-state index contributed by atoms with van der Waals surface area (Å²) in [6, 6.07) is 16.3. The van der Waals surface area contributed by atoms with Gasteiger partial charge in [-0.2, -0.15) is 0 Å². The maximum atomic E-state index is 12.5. The zero-order valence-corrected chi connectivity index (χ0v) is 18.3. The van der Waals surface area contributed by atoms with Crippen LogP contribution in [0.25, 0.3) is 22.6 Å². The van der Waals surface area contributed by atoms with E-state index in [1.165, 1.54) is 11.3 Å². The van der Waals surface area contributed by atoms with Crippen molar-refractivity contribution in [1.82, 2.24) is 4.98 Å². The Hall–Kier alpha value is -2.61. The van der Waals surface area contributed by atoms with Gasteiger partial charge in [0.1, 0.15) is 11.5 Å². The predicted octanol–water partition coefficient (Wildman–Crippen LogP) is 6.75. The van der Waals surface area contributed by atoms with Crippen molar-refractivity contribution in [3.63, 3.8) is 0 Å². The molecule has 0 atom stereocenters. The van der Waals surface area contributed by atoms with Gasteiger partial charge in [0.05, 0.1) is 17.3 Å². The van der Waals surface area contributed by atoms with Crippen LogP contribution in [-0.2, 0) is 0 Å². The lowest BCUT2D eigenvalue weighted by Gasteiger charge is -2.04. The highest BCUT2D eigenvalue weighted by Crippen LogP contribution is 2.32. The van der Waals surface area contributed by atoms with Gasteiger partial charge in [0.25, 0.3) is 5.91 Å². The van der Waals surface area contributed by atoms with E-state index in [0.717, 1.165) is 27.0 Å². The van der Waals surface area contributed by atoms with Crippen LogP contribution in [0.4, 0.5) is 5.13 Å². The fourth-order valence-corrected chi connectivity index (χ4v) is 4.06. The predicted molar refractivity (Wildman–Crippen MR) is 119 cm³/mol. The minimum atomic E-state index is -0.359. The Balaban J connectivity index is 1.48. The number of aromatic nitrogens is 1. The summed E-state index contributed by atoms with van der Waals surface area (Å²) >= 11 is 10.7. The minimum Gasteiger partial charge on any atom is -0.496 e. The Morgan fingerprint density at radius 2 is 1.90 bits per heavy atom.